The summed E-state index contributed by atoms with van der Waals surface area (Å²) in [5.41, 5.74) is 3.18. The molecule has 4 nitrogen and oxygen atoms in total. The number of fused-ring (bicyclic) bond motifs is 3. The van der Waals surface area contributed by atoms with Gasteiger partial charge in [-0.05, 0) is 75.1 Å². The van der Waals surface area contributed by atoms with Crippen molar-refractivity contribution in [3.63, 3.8) is 0 Å². The van der Waals surface area contributed by atoms with Crippen molar-refractivity contribution in [1.29, 1.82) is 0 Å². The Morgan fingerprint density at radius 3 is 2.54 bits per heavy atom. The third-order valence-electron chi connectivity index (χ3n) is 5.20. The quantitative estimate of drug-likeness (QED) is 0.786. The molecule has 4 heteroatoms. The van der Waals surface area contributed by atoms with Crippen LogP contribution in [0.4, 0.5) is 0 Å². The summed E-state index contributed by atoms with van der Waals surface area (Å²) in [4.78, 5) is 24.4. The normalized spacial score (nSPS) is 20.9. The number of ketones is 1. The van der Waals surface area contributed by atoms with Crippen molar-refractivity contribution in [2.75, 3.05) is 0 Å². The molecular weight excluding hydrogens is 304 g/mol. The molecule has 2 aromatic rings. The molecule has 0 amide bonds. The lowest BCUT2D eigenvalue weighted by atomic mass is 9.90. The van der Waals surface area contributed by atoms with Gasteiger partial charge in [0.05, 0.1) is 5.39 Å². The first-order valence-corrected chi connectivity index (χ1v) is 8.92. The van der Waals surface area contributed by atoms with Crippen molar-refractivity contribution in [1.82, 2.24) is 0 Å². The first-order chi connectivity index (χ1) is 11.6. The minimum atomic E-state index is -0.366. The number of carbonyl (C=O) groups is 1. The highest BCUT2D eigenvalue weighted by atomic mass is 16.5. The molecule has 1 fully saturated rings. The molecule has 1 saturated carbocycles. The molecule has 2 aliphatic carbocycles. The summed E-state index contributed by atoms with van der Waals surface area (Å²) in [6.45, 7) is 1.95. The van der Waals surface area contributed by atoms with E-state index in [-0.39, 0.29) is 17.5 Å². The van der Waals surface area contributed by atoms with Gasteiger partial charge in [0.2, 0.25) is 0 Å². The summed E-state index contributed by atoms with van der Waals surface area (Å²) >= 11 is 0. The maximum Gasteiger partial charge on any atom is 0.339 e. The van der Waals surface area contributed by atoms with Crippen LogP contribution in [0.25, 0.3) is 11.0 Å². The van der Waals surface area contributed by atoms with Crippen molar-refractivity contribution >= 4 is 16.8 Å². The molecule has 1 atom stereocenters. The molecule has 1 aromatic carbocycles. The number of aryl methyl sites for hydroxylation is 2. The van der Waals surface area contributed by atoms with E-state index in [1.165, 1.54) is 0 Å². The van der Waals surface area contributed by atoms with Gasteiger partial charge in [0.25, 0.3) is 0 Å². The third-order valence-corrected chi connectivity index (χ3v) is 5.20. The smallest absolute Gasteiger partial charge is 0.339 e. The molecule has 1 heterocycles. The van der Waals surface area contributed by atoms with Gasteiger partial charge in [0.1, 0.15) is 11.3 Å². The van der Waals surface area contributed by atoms with Crippen molar-refractivity contribution < 1.29 is 13.9 Å². The summed E-state index contributed by atoms with van der Waals surface area (Å²) in [5.74, 6) is 0.884. The second-order valence-corrected chi connectivity index (χ2v) is 7.01. The van der Waals surface area contributed by atoms with Gasteiger partial charge >= 0.3 is 5.63 Å². The van der Waals surface area contributed by atoms with Gasteiger partial charge in [-0.1, -0.05) is 0 Å². The number of ether oxygens (including phenoxy) is 1. The van der Waals surface area contributed by atoms with Crippen LogP contribution in [0, 0.1) is 6.92 Å². The number of benzene rings is 1. The van der Waals surface area contributed by atoms with E-state index in [0.717, 1.165) is 67.0 Å². The standard InChI is InChI=1S/C20H22O4/c1-12-10-17(23-16-9-5-4-8-15(16)21)19-13-6-2-3-7-14(13)20(22)24-18(19)11-12/h10-11,16H,2-9H2,1H3/t16-/m0/s1. The van der Waals surface area contributed by atoms with Crippen LogP contribution in [0.1, 0.15) is 55.2 Å². The topological polar surface area (TPSA) is 56.5 Å². The van der Waals surface area contributed by atoms with Crippen LogP contribution in [0.2, 0.25) is 0 Å². The van der Waals surface area contributed by atoms with Crippen LogP contribution >= 0.6 is 0 Å². The highest BCUT2D eigenvalue weighted by molar-refractivity contribution is 5.90. The molecule has 2 aliphatic rings. The predicted octanol–water partition coefficient (Wildman–Crippen LogP) is 3.87. The van der Waals surface area contributed by atoms with E-state index in [1.54, 1.807) is 0 Å². The SMILES string of the molecule is Cc1cc(O[C@H]2CCCCC2=O)c2c3c(c(=O)oc2c1)CCCC3. The zero-order valence-electron chi connectivity index (χ0n) is 14.0. The molecule has 0 saturated heterocycles. The minimum absolute atomic E-state index is 0.183. The lowest BCUT2D eigenvalue weighted by Gasteiger charge is -2.24. The summed E-state index contributed by atoms with van der Waals surface area (Å²) in [7, 11) is 0. The average Bonchev–Trinajstić information content (AvgIpc) is 2.56. The van der Waals surface area contributed by atoms with Gasteiger partial charge in [-0.3, -0.25) is 4.79 Å². The first kappa shape index (κ1) is 15.4. The Kier molecular flexibility index (Phi) is 3.91. The molecule has 0 aliphatic heterocycles. The Balaban J connectivity index is 1.87. The Morgan fingerprint density at radius 2 is 1.75 bits per heavy atom. The highest BCUT2D eigenvalue weighted by Gasteiger charge is 2.27. The zero-order valence-corrected chi connectivity index (χ0v) is 14.0. The summed E-state index contributed by atoms with van der Waals surface area (Å²) < 4.78 is 11.7. The van der Waals surface area contributed by atoms with E-state index in [2.05, 4.69) is 0 Å². The lowest BCUT2D eigenvalue weighted by molar-refractivity contribution is -0.127. The Bertz CT molecular complexity index is 862. The van der Waals surface area contributed by atoms with Crippen LogP contribution in [0.3, 0.4) is 0 Å². The van der Waals surface area contributed by atoms with E-state index >= 15 is 0 Å². The molecule has 4 rings (SSSR count). The van der Waals surface area contributed by atoms with Gasteiger partial charge in [-0.25, -0.2) is 4.79 Å². The predicted molar refractivity (Wildman–Crippen MR) is 91.8 cm³/mol. The summed E-state index contributed by atoms with van der Waals surface area (Å²) in [5, 5.41) is 0.897. The number of Topliss-reactive ketones (excluding diaryl/α,β-unsaturated/α-hetero) is 1. The molecular formula is C20H22O4. The number of hydrogen-bond donors (Lipinski definition) is 0. The number of rotatable bonds is 2. The zero-order chi connectivity index (χ0) is 16.7. The third kappa shape index (κ3) is 2.64. The number of hydrogen-bond acceptors (Lipinski definition) is 4. The van der Waals surface area contributed by atoms with Gasteiger partial charge < -0.3 is 9.15 Å². The van der Waals surface area contributed by atoms with Crippen molar-refractivity contribution in [2.45, 2.75) is 64.4 Å². The van der Waals surface area contributed by atoms with E-state index in [1.807, 2.05) is 19.1 Å². The molecule has 0 bridgehead atoms. The molecule has 1 aromatic heterocycles. The largest absolute Gasteiger partial charge is 0.482 e. The van der Waals surface area contributed by atoms with Gasteiger partial charge in [0, 0.05) is 12.0 Å². The van der Waals surface area contributed by atoms with Crippen LogP contribution in [-0.4, -0.2) is 11.9 Å². The molecule has 24 heavy (non-hydrogen) atoms. The fourth-order valence-corrected chi connectivity index (χ4v) is 3.99. The average molecular weight is 326 g/mol. The van der Waals surface area contributed by atoms with Gasteiger partial charge in [-0.2, -0.15) is 0 Å². The van der Waals surface area contributed by atoms with Crippen molar-refractivity contribution in [3.05, 3.63) is 39.2 Å². The van der Waals surface area contributed by atoms with E-state index in [9.17, 15) is 9.59 Å². The fraction of sp³-hybridized carbons (Fsp3) is 0.500. The first-order valence-electron chi connectivity index (χ1n) is 8.92. The maximum atomic E-state index is 12.3. The van der Waals surface area contributed by atoms with E-state index in [4.69, 9.17) is 9.15 Å². The Morgan fingerprint density at radius 1 is 1.00 bits per heavy atom. The monoisotopic (exact) mass is 326 g/mol. The second-order valence-electron chi connectivity index (χ2n) is 7.01. The minimum Gasteiger partial charge on any atom is -0.482 e. The van der Waals surface area contributed by atoms with Crippen molar-refractivity contribution in [2.24, 2.45) is 0 Å². The van der Waals surface area contributed by atoms with E-state index in [0.29, 0.717) is 17.8 Å². The second kappa shape index (κ2) is 6.08. The van der Waals surface area contributed by atoms with Crippen LogP contribution in [0.15, 0.2) is 21.3 Å². The summed E-state index contributed by atoms with van der Waals surface area (Å²) in [6, 6.07) is 3.86. The maximum absolute atomic E-state index is 12.3. The van der Waals surface area contributed by atoms with Gasteiger partial charge in [-0.15, -0.1) is 0 Å². The van der Waals surface area contributed by atoms with E-state index < -0.39 is 0 Å². The fourth-order valence-electron chi connectivity index (χ4n) is 3.99. The highest BCUT2D eigenvalue weighted by Crippen LogP contribution is 2.36. The molecule has 126 valence electrons. The lowest BCUT2D eigenvalue weighted by Crippen LogP contribution is -2.30. The molecule has 0 N–H and O–H groups in total. The van der Waals surface area contributed by atoms with Crippen LogP contribution in [0.5, 0.6) is 5.75 Å². The van der Waals surface area contributed by atoms with Crippen molar-refractivity contribution in [3.8, 4) is 5.75 Å². The molecule has 0 unspecified atom stereocenters. The Labute approximate surface area is 140 Å². The number of carbonyl (C=O) groups excluding carboxylic acids is 1. The van der Waals surface area contributed by atoms with Gasteiger partial charge in [0.15, 0.2) is 11.9 Å². The molecule has 0 spiro atoms. The van der Waals surface area contributed by atoms with Crippen LogP contribution in [-0.2, 0) is 17.6 Å². The van der Waals surface area contributed by atoms with Crippen LogP contribution < -0.4 is 10.4 Å². The molecule has 0 radical (unpaired) electrons. The summed E-state index contributed by atoms with van der Waals surface area (Å²) in [6.07, 6.45) is 6.71. The Hall–Kier alpha value is -2.10.